The second-order valence-corrected chi connectivity index (χ2v) is 7.85. The highest BCUT2D eigenvalue weighted by Crippen LogP contribution is 2.18. The van der Waals surface area contributed by atoms with E-state index in [0.717, 1.165) is 0 Å². The molecule has 0 spiro atoms. The van der Waals surface area contributed by atoms with Crippen LogP contribution in [0.5, 0.6) is 0 Å². The summed E-state index contributed by atoms with van der Waals surface area (Å²) in [5.74, 6) is 0. The summed E-state index contributed by atoms with van der Waals surface area (Å²) >= 11 is 0. The minimum absolute atomic E-state index is 0.0350. The Kier molecular flexibility index (Phi) is 11.4. The quantitative estimate of drug-likeness (QED) is 0.319. The van der Waals surface area contributed by atoms with Crippen LogP contribution in [0.25, 0.3) is 0 Å². The first-order chi connectivity index (χ1) is 15.0. The van der Waals surface area contributed by atoms with Crippen LogP contribution in [0.1, 0.15) is 51.0 Å². The SMILES string of the molecule is CC(C)NCC(O)c1ccc([N+](=O)[O-])cc1.CC(C)NCC(O)c1ccc([N+](=O)[O-])cc1. The normalized spacial score (nSPS) is 12.8. The monoisotopic (exact) mass is 448 g/mol. The summed E-state index contributed by atoms with van der Waals surface area (Å²) in [6, 6.07) is 12.5. The lowest BCUT2D eigenvalue weighted by Crippen LogP contribution is -2.27. The average Bonchev–Trinajstić information content (AvgIpc) is 2.76. The topological polar surface area (TPSA) is 151 Å². The summed E-state index contributed by atoms with van der Waals surface area (Å²) in [4.78, 5) is 19.9. The first kappa shape index (κ1) is 27.1. The minimum Gasteiger partial charge on any atom is -0.387 e. The Morgan fingerprint density at radius 1 is 0.688 bits per heavy atom. The molecule has 0 fully saturated rings. The number of hydrogen-bond acceptors (Lipinski definition) is 8. The van der Waals surface area contributed by atoms with Crippen molar-refractivity contribution in [1.29, 1.82) is 0 Å². The van der Waals surface area contributed by atoms with Gasteiger partial charge in [0.05, 0.1) is 22.1 Å². The molecule has 2 aromatic carbocycles. The lowest BCUT2D eigenvalue weighted by Gasteiger charge is -2.14. The van der Waals surface area contributed by atoms with Gasteiger partial charge >= 0.3 is 0 Å². The van der Waals surface area contributed by atoms with E-state index < -0.39 is 22.1 Å². The average molecular weight is 449 g/mol. The van der Waals surface area contributed by atoms with E-state index in [-0.39, 0.29) is 11.4 Å². The molecule has 0 heterocycles. The van der Waals surface area contributed by atoms with Gasteiger partial charge in [0.15, 0.2) is 0 Å². The molecule has 2 aromatic rings. The molecule has 176 valence electrons. The molecule has 0 saturated heterocycles. The lowest BCUT2D eigenvalue weighted by atomic mass is 10.1. The van der Waals surface area contributed by atoms with Crippen molar-refractivity contribution in [3.63, 3.8) is 0 Å². The van der Waals surface area contributed by atoms with Gasteiger partial charge in [0.2, 0.25) is 0 Å². The van der Waals surface area contributed by atoms with Gasteiger partial charge in [-0.2, -0.15) is 0 Å². The number of aliphatic hydroxyl groups is 2. The van der Waals surface area contributed by atoms with Gasteiger partial charge in [-0.25, -0.2) is 0 Å². The third-order valence-electron chi connectivity index (χ3n) is 4.42. The maximum atomic E-state index is 10.4. The van der Waals surface area contributed by atoms with Gasteiger partial charge in [0.1, 0.15) is 0 Å². The Morgan fingerprint density at radius 3 is 1.19 bits per heavy atom. The standard InChI is InChI=1S/2C11H16N2O3/c2*1-8(2)12-7-11(14)9-3-5-10(6-4-9)13(15)16/h2*3-6,8,11-12,14H,7H2,1-2H3. The molecule has 4 N–H and O–H groups in total. The van der Waals surface area contributed by atoms with E-state index in [4.69, 9.17) is 0 Å². The van der Waals surface area contributed by atoms with Crippen LogP contribution in [0.4, 0.5) is 11.4 Å². The highest BCUT2D eigenvalue weighted by atomic mass is 16.6. The molecule has 0 saturated carbocycles. The molecule has 10 nitrogen and oxygen atoms in total. The van der Waals surface area contributed by atoms with E-state index in [0.29, 0.717) is 36.3 Å². The molecule has 0 radical (unpaired) electrons. The van der Waals surface area contributed by atoms with Gasteiger partial charge < -0.3 is 20.8 Å². The van der Waals surface area contributed by atoms with Crippen molar-refractivity contribution >= 4 is 11.4 Å². The second kappa shape index (κ2) is 13.5. The van der Waals surface area contributed by atoms with Gasteiger partial charge in [0.25, 0.3) is 11.4 Å². The predicted octanol–water partition coefficient (Wildman–Crippen LogP) is 3.25. The number of nitro benzene ring substituents is 2. The number of nitro groups is 2. The zero-order valence-electron chi connectivity index (χ0n) is 18.8. The van der Waals surface area contributed by atoms with E-state index in [9.17, 15) is 30.4 Å². The Bertz CT molecular complexity index is 769. The molecule has 2 atom stereocenters. The Balaban J connectivity index is 0.000000320. The fraction of sp³-hybridized carbons (Fsp3) is 0.455. The van der Waals surface area contributed by atoms with Gasteiger partial charge in [-0.1, -0.05) is 27.7 Å². The number of rotatable bonds is 10. The summed E-state index contributed by atoms with van der Waals surface area (Å²) in [5, 5.41) is 46.6. The van der Waals surface area contributed by atoms with Crippen molar-refractivity contribution in [2.75, 3.05) is 13.1 Å². The zero-order chi connectivity index (χ0) is 24.3. The first-order valence-corrected chi connectivity index (χ1v) is 10.3. The lowest BCUT2D eigenvalue weighted by molar-refractivity contribution is -0.385. The third-order valence-corrected chi connectivity index (χ3v) is 4.42. The van der Waals surface area contributed by atoms with E-state index in [1.165, 1.54) is 24.3 Å². The predicted molar refractivity (Wildman–Crippen MR) is 122 cm³/mol. The van der Waals surface area contributed by atoms with Crippen LogP contribution in [0.15, 0.2) is 48.5 Å². The van der Waals surface area contributed by atoms with Gasteiger partial charge in [-0.3, -0.25) is 20.2 Å². The number of nitrogens with one attached hydrogen (secondary N) is 2. The molecule has 2 unspecified atom stereocenters. The smallest absolute Gasteiger partial charge is 0.269 e. The molecular weight excluding hydrogens is 416 g/mol. The maximum Gasteiger partial charge on any atom is 0.269 e. The molecule has 32 heavy (non-hydrogen) atoms. The molecule has 0 aliphatic carbocycles. The number of benzene rings is 2. The van der Waals surface area contributed by atoms with Crippen molar-refractivity contribution in [3.05, 3.63) is 79.9 Å². The molecule has 10 heteroatoms. The van der Waals surface area contributed by atoms with E-state index in [1.54, 1.807) is 24.3 Å². The number of nitrogens with zero attached hydrogens (tertiary/aromatic N) is 2. The molecule has 0 aliphatic heterocycles. The molecule has 0 bridgehead atoms. The minimum atomic E-state index is -0.636. The molecular formula is C22H32N4O6. The van der Waals surface area contributed by atoms with Crippen LogP contribution in [-0.4, -0.2) is 45.2 Å². The summed E-state index contributed by atoms with van der Waals surface area (Å²) in [7, 11) is 0. The van der Waals surface area contributed by atoms with Crippen molar-refractivity contribution in [2.24, 2.45) is 0 Å². The summed E-state index contributed by atoms with van der Waals surface area (Å²) < 4.78 is 0. The summed E-state index contributed by atoms with van der Waals surface area (Å²) in [6.07, 6.45) is -1.27. The Hall–Kier alpha value is -2.92. The van der Waals surface area contributed by atoms with Crippen molar-refractivity contribution in [3.8, 4) is 0 Å². The van der Waals surface area contributed by atoms with E-state index in [2.05, 4.69) is 10.6 Å². The molecule has 0 aromatic heterocycles. The van der Waals surface area contributed by atoms with E-state index >= 15 is 0 Å². The Morgan fingerprint density at radius 2 is 0.969 bits per heavy atom. The van der Waals surface area contributed by atoms with Gasteiger partial charge in [-0.05, 0) is 35.4 Å². The first-order valence-electron chi connectivity index (χ1n) is 10.3. The highest BCUT2D eigenvalue weighted by molar-refractivity contribution is 5.34. The third kappa shape index (κ3) is 9.92. The van der Waals surface area contributed by atoms with E-state index in [1.807, 2.05) is 27.7 Å². The van der Waals surface area contributed by atoms with Crippen LogP contribution in [0.2, 0.25) is 0 Å². The molecule has 0 aliphatic rings. The summed E-state index contributed by atoms with van der Waals surface area (Å²) in [6.45, 7) is 8.83. The molecule has 0 amide bonds. The van der Waals surface area contributed by atoms with Crippen LogP contribution in [0.3, 0.4) is 0 Å². The van der Waals surface area contributed by atoms with Crippen molar-refractivity contribution in [1.82, 2.24) is 10.6 Å². The van der Waals surface area contributed by atoms with Crippen LogP contribution in [0, 0.1) is 20.2 Å². The fourth-order valence-electron chi connectivity index (χ4n) is 2.57. The highest BCUT2D eigenvalue weighted by Gasteiger charge is 2.11. The Labute approximate surface area is 187 Å². The zero-order valence-corrected chi connectivity index (χ0v) is 18.8. The number of hydrogen-bond donors (Lipinski definition) is 4. The number of non-ortho nitro benzene ring substituents is 2. The van der Waals surface area contributed by atoms with Gasteiger partial charge in [-0.15, -0.1) is 0 Å². The van der Waals surface area contributed by atoms with Crippen LogP contribution >= 0.6 is 0 Å². The fourth-order valence-corrected chi connectivity index (χ4v) is 2.57. The van der Waals surface area contributed by atoms with Crippen LogP contribution < -0.4 is 10.6 Å². The number of aliphatic hydroxyl groups excluding tert-OH is 2. The van der Waals surface area contributed by atoms with Gasteiger partial charge in [0, 0.05) is 49.4 Å². The largest absolute Gasteiger partial charge is 0.387 e. The summed E-state index contributed by atoms with van der Waals surface area (Å²) in [5.41, 5.74) is 1.43. The maximum absolute atomic E-state index is 10.4. The molecule has 2 rings (SSSR count). The van der Waals surface area contributed by atoms with Crippen molar-refractivity contribution < 1.29 is 20.1 Å². The van der Waals surface area contributed by atoms with Crippen molar-refractivity contribution in [2.45, 2.75) is 52.0 Å². The second-order valence-electron chi connectivity index (χ2n) is 7.85. The van der Waals surface area contributed by atoms with Crippen LogP contribution in [-0.2, 0) is 0 Å².